The van der Waals surface area contributed by atoms with Crippen LogP contribution in [-0.2, 0) is 9.59 Å². The standard InChI is InChI=1S/C21H15BrN2O5/c1-10-8-13(22)16-17(20(28)12-5-3-2-4-11(12)19(16)27)18(10)23-14-9-15(26)24(6-7-25)21(14)29/h2-5,8-9,23,25H,6-7H2,1H3. The van der Waals surface area contributed by atoms with Gasteiger partial charge in [-0.15, -0.1) is 0 Å². The molecule has 0 saturated carbocycles. The number of benzene rings is 2. The van der Waals surface area contributed by atoms with E-state index in [1.165, 1.54) is 0 Å². The molecule has 1 aliphatic carbocycles. The van der Waals surface area contributed by atoms with Crippen molar-refractivity contribution >= 4 is 45.0 Å². The van der Waals surface area contributed by atoms with Crippen molar-refractivity contribution in [3.63, 3.8) is 0 Å². The zero-order chi connectivity index (χ0) is 20.9. The van der Waals surface area contributed by atoms with Crippen LogP contribution in [0.25, 0.3) is 0 Å². The van der Waals surface area contributed by atoms with E-state index < -0.39 is 11.8 Å². The van der Waals surface area contributed by atoms with E-state index in [9.17, 15) is 19.2 Å². The van der Waals surface area contributed by atoms with Crippen molar-refractivity contribution in [2.75, 3.05) is 18.5 Å². The second-order valence-electron chi connectivity index (χ2n) is 6.71. The van der Waals surface area contributed by atoms with E-state index in [1.54, 1.807) is 37.3 Å². The molecule has 2 amide bonds. The van der Waals surface area contributed by atoms with E-state index in [-0.39, 0.29) is 47.1 Å². The van der Waals surface area contributed by atoms with Crippen LogP contribution in [0.15, 0.2) is 46.6 Å². The first kappa shape index (κ1) is 19.2. The molecule has 0 unspecified atom stereocenters. The van der Waals surface area contributed by atoms with E-state index in [0.29, 0.717) is 21.3 Å². The quantitative estimate of drug-likeness (QED) is 0.585. The van der Waals surface area contributed by atoms with Gasteiger partial charge < -0.3 is 10.4 Å². The van der Waals surface area contributed by atoms with Crippen molar-refractivity contribution in [3.8, 4) is 0 Å². The monoisotopic (exact) mass is 454 g/mol. The molecular formula is C21H15BrN2O5. The molecule has 2 aromatic rings. The molecule has 2 N–H and O–H groups in total. The fourth-order valence-electron chi connectivity index (χ4n) is 3.58. The average molecular weight is 455 g/mol. The first-order valence-corrected chi connectivity index (χ1v) is 9.61. The highest BCUT2D eigenvalue weighted by Crippen LogP contribution is 2.39. The van der Waals surface area contributed by atoms with Crippen LogP contribution in [0.4, 0.5) is 5.69 Å². The molecule has 29 heavy (non-hydrogen) atoms. The van der Waals surface area contributed by atoms with E-state index in [0.717, 1.165) is 11.0 Å². The number of ketones is 2. The molecule has 8 heteroatoms. The maximum Gasteiger partial charge on any atom is 0.277 e. The molecule has 1 aliphatic heterocycles. The number of aliphatic hydroxyl groups excluding tert-OH is 1. The number of rotatable bonds is 4. The zero-order valence-corrected chi connectivity index (χ0v) is 16.9. The van der Waals surface area contributed by atoms with Crippen molar-refractivity contribution in [3.05, 3.63) is 74.4 Å². The van der Waals surface area contributed by atoms with E-state index >= 15 is 0 Å². The van der Waals surface area contributed by atoms with Gasteiger partial charge in [-0.3, -0.25) is 24.1 Å². The number of amides is 2. The number of anilines is 1. The second-order valence-corrected chi connectivity index (χ2v) is 7.56. The van der Waals surface area contributed by atoms with Crippen LogP contribution >= 0.6 is 15.9 Å². The molecule has 0 radical (unpaired) electrons. The molecule has 0 fully saturated rings. The maximum absolute atomic E-state index is 13.2. The molecule has 2 aliphatic rings. The summed E-state index contributed by atoms with van der Waals surface area (Å²) in [5.74, 6) is -1.79. The minimum absolute atomic E-state index is 0.0184. The van der Waals surface area contributed by atoms with Gasteiger partial charge in [0.05, 0.1) is 30.0 Å². The third-order valence-corrected chi connectivity index (χ3v) is 5.56. The van der Waals surface area contributed by atoms with Gasteiger partial charge in [0.15, 0.2) is 11.6 Å². The van der Waals surface area contributed by atoms with E-state index in [2.05, 4.69) is 21.2 Å². The summed E-state index contributed by atoms with van der Waals surface area (Å²) in [7, 11) is 0. The lowest BCUT2D eigenvalue weighted by molar-refractivity contribution is -0.137. The van der Waals surface area contributed by atoms with Gasteiger partial charge in [0, 0.05) is 21.7 Å². The number of hydrogen-bond donors (Lipinski definition) is 2. The fourth-order valence-corrected chi connectivity index (χ4v) is 4.30. The number of aliphatic hydroxyl groups is 1. The minimum atomic E-state index is -0.602. The average Bonchev–Trinajstić information content (AvgIpc) is 2.96. The zero-order valence-electron chi connectivity index (χ0n) is 15.3. The number of halogens is 1. The summed E-state index contributed by atoms with van der Waals surface area (Å²) in [6.07, 6.45) is 1.12. The molecule has 7 nitrogen and oxygen atoms in total. The fraction of sp³-hybridized carbons (Fsp3) is 0.143. The summed E-state index contributed by atoms with van der Waals surface area (Å²) in [6, 6.07) is 8.26. The molecule has 0 bridgehead atoms. The lowest BCUT2D eigenvalue weighted by atomic mass is 9.82. The molecule has 0 atom stereocenters. The molecule has 0 saturated heterocycles. The molecule has 2 aromatic carbocycles. The van der Waals surface area contributed by atoms with Crippen LogP contribution in [0, 0.1) is 6.92 Å². The highest BCUT2D eigenvalue weighted by atomic mass is 79.9. The summed E-state index contributed by atoms with van der Waals surface area (Å²) in [6.45, 7) is 1.26. The SMILES string of the molecule is Cc1cc(Br)c2c(c1NC1=CC(=O)N(CCO)C1=O)C(=O)c1ccccc1C2=O. The number of nitrogens with zero attached hydrogens (tertiary/aromatic N) is 1. The Hall–Kier alpha value is -3.10. The highest BCUT2D eigenvalue weighted by molar-refractivity contribution is 9.10. The van der Waals surface area contributed by atoms with Crippen molar-refractivity contribution in [2.24, 2.45) is 0 Å². The van der Waals surface area contributed by atoms with Crippen LogP contribution in [0.3, 0.4) is 0 Å². The summed E-state index contributed by atoms with van der Waals surface area (Å²) in [5, 5.41) is 11.9. The predicted molar refractivity (Wildman–Crippen MR) is 108 cm³/mol. The third kappa shape index (κ3) is 2.92. The number of carbonyl (C=O) groups is 4. The van der Waals surface area contributed by atoms with Gasteiger partial charge in [0.25, 0.3) is 11.8 Å². The van der Waals surface area contributed by atoms with Gasteiger partial charge in [-0.05, 0) is 34.5 Å². The van der Waals surface area contributed by atoms with Crippen LogP contribution in [0.2, 0.25) is 0 Å². The number of hydrogen-bond acceptors (Lipinski definition) is 6. The highest BCUT2D eigenvalue weighted by Gasteiger charge is 2.36. The normalized spacial score (nSPS) is 15.4. The Kier molecular flexibility index (Phi) is 4.68. The number of carbonyl (C=O) groups excluding carboxylic acids is 4. The van der Waals surface area contributed by atoms with Crippen LogP contribution in [0.1, 0.15) is 37.4 Å². The van der Waals surface area contributed by atoms with Crippen molar-refractivity contribution in [1.82, 2.24) is 4.90 Å². The Balaban J connectivity index is 1.84. The third-order valence-electron chi connectivity index (χ3n) is 4.94. The van der Waals surface area contributed by atoms with Gasteiger partial charge in [-0.1, -0.05) is 24.3 Å². The Morgan fingerprint density at radius 1 is 1.03 bits per heavy atom. The summed E-state index contributed by atoms with van der Waals surface area (Å²) in [4.78, 5) is 51.7. The summed E-state index contributed by atoms with van der Waals surface area (Å²) in [5.41, 5.74) is 1.88. The van der Waals surface area contributed by atoms with E-state index in [4.69, 9.17) is 5.11 Å². The molecule has 4 rings (SSSR count). The summed E-state index contributed by atoms with van der Waals surface area (Å²) >= 11 is 3.38. The number of nitrogens with one attached hydrogen (secondary N) is 1. The topological polar surface area (TPSA) is 104 Å². The number of imide groups is 1. The smallest absolute Gasteiger partial charge is 0.277 e. The van der Waals surface area contributed by atoms with Crippen molar-refractivity contribution in [2.45, 2.75) is 6.92 Å². The van der Waals surface area contributed by atoms with Crippen LogP contribution in [0.5, 0.6) is 0 Å². The minimum Gasteiger partial charge on any atom is -0.395 e. The van der Waals surface area contributed by atoms with Gasteiger partial charge in [0.2, 0.25) is 0 Å². The molecule has 0 aromatic heterocycles. The number of fused-ring (bicyclic) bond motifs is 2. The van der Waals surface area contributed by atoms with Crippen LogP contribution in [-0.4, -0.2) is 46.5 Å². The van der Waals surface area contributed by atoms with Crippen molar-refractivity contribution < 1.29 is 24.3 Å². The second kappa shape index (κ2) is 7.06. The lowest BCUT2D eigenvalue weighted by Gasteiger charge is -2.24. The number of aryl methyl sites for hydroxylation is 1. The van der Waals surface area contributed by atoms with Gasteiger partial charge >= 0.3 is 0 Å². The van der Waals surface area contributed by atoms with Gasteiger partial charge in [0.1, 0.15) is 5.70 Å². The Labute approximate surface area is 174 Å². The first-order valence-electron chi connectivity index (χ1n) is 8.82. The van der Waals surface area contributed by atoms with Gasteiger partial charge in [-0.2, -0.15) is 0 Å². The summed E-state index contributed by atoms with van der Waals surface area (Å²) < 4.78 is 0.480. The lowest BCUT2D eigenvalue weighted by Crippen LogP contribution is -2.34. The molecule has 0 spiro atoms. The Bertz CT molecular complexity index is 1150. The molecule has 146 valence electrons. The predicted octanol–water partition coefficient (Wildman–Crippen LogP) is 2.19. The Morgan fingerprint density at radius 2 is 1.66 bits per heavy atom. The van der Waals surface area contributed by atoms with E-state index in [1.807, 2.05) is 0 Å². The molecule has 1 heterocycles. The molecular weight excluding hydrogens is 440 g/mol. The first-order chi connectivity index (χ1) is 13.8. The van der Waals surface area contributed by atoms with Gasteiger partial charge in [-0.25, -0.2) is 0 Å². The Morgan fingerprint density at radius 3 is 2.28 bits per heavy atom. The largest absolute Gasteiger partial charge is 0.395 e. The van der Waals surface area contributed by atoms with Crippen molar-refractivity contribution in [1.29, 1.82) is 0 Å². The maximum atomic E-state index is 13.2. The van der Waals surface area contributed by atoms with Crippen LogP contribution < -0.4 is 5.32 Å². The number of β-amino-alcohol motifs (C(OH)–C–C–N with tert-alkyl or cyclic N) is 1.